The molecule has 0 atom stereocenters. The van der Waals surface area contributed by atoms with Crippen LogP contribution in [0.3, 0.4) is 0 Å². The van der Waals surface area contributed by atoms with Crippen molar-refractivity contribution in [2.45, 2.75) is 33.3 Å². The van der Waals surface area contributed by atoms with Gasteiger partial charge in [0.05, 0.1) is 5.69 Å². The average Bonchev–Trinajstić information content (AvgIpc) is 2.96. The van der Waals surface area contributed by atoms with Crippen LogP contribution in [-0.2, 0) is 4.74 Å². The minimum absolute atomic E-state index is 0.271. The van der Waals surface area contributed by atoms with Crippen molar-refractivity contribution >= 4 is 23.6 Å². The molecule has 1 aromatic heterocycles. The minimum Gasteiger partial charge on any atom is -0.444 e. The van der Waals surface area contributed by atoms with Gasteiger partial charge < -0.3 is 14.5 Å². The summed E-state index contributed by atoms with van der Waals surface area (Å²) in [7, 11) is 0. The quantitative estimate of drug-likeness (QED) is 0.803. The van der Waals surface area contributed by atoms with Crippen LogP contribution in [0.4, 0.5) is 10.7 Å². The van der Waals surface area contributed by atoms with Crippen molar-refractivity contribution < 1.29 is 9.53 Å². The zero-order valence-corrected chi connectivity index (χ0v) is 16.3. The second kappa shape index (κ2) is 7.15. The van der Waals surface area contributed by atoms with E-state index in [9.17, 15) is 4.79 Å². The fourth-order valence-electron chi connectivity index (χ4n) is 2.86. The van der Waals surface area contributed by atoms with Crippen LogP contribution in [0.1, 0.15) is 26.6 Å². The summed E-state index contributed by atoms with van der Waals surface area (Å²) < 4.78 is 7.45. The van der Waals surface area contributed by atoms with E-state index in [2.05, 4.69) is 15.1 Å². The Labute approximate surface area is 158 Å². The van der Waals surface area contributed by atoms with E-state index in [0.717, 1.165) is 17.5 Å². The van der Waals surface area contributed by atoms with Crippen LogP contribution in [0.5, 0.6) is 0 Å². The van der Waals surface area contributed by atoms with Gasteiger partial charge >= 0.3 is 6.09 Å². The molecule has 0 N–H and O–H groups in total. The van der Waals surface area contributed by atoms with Gasteiger partial charge in [-0.3, -0.25) is 4.57 Å². The Morgan fingerprint density at radius 2 is 1.69 bits per heavy atom. The average molecular weight is 378 g/mol. The normalized spacial score (nSPS) is 15.3. The molecule has 1 amide bonds. The van der Waals surface area contributed by atoms with Gasteiger partial charge in [0.25, 0.3) is 0 Å². The molecular weight excluding hydrogens is 354 g/mol. The molecule has 140 valence electrons. The third-order valence-electron chi connectivity index (χ3n) is 4.11. The van der Waals surface area contributed by atoms with Crippen LogP contribution in [0.2, 0.25) is 5.02 Å². The number of hydrogen-bond acceptors (Lipinski definition) is 5. The number of amides is 1. The molecule has 0 radical (unpaired) electrons. The molecule has 1 saturated heterocycles. The third-order valence-corrected chi connectivity index (χ3v) is 4.36. The first-order chi connectivity index (χ1) is 12.2. The zero-order chi connectivity index (χ0) is 18.9. The third kappa shape index (κ3) is 4.09. The zero-order valence-electron chi connectivity index (χ0n) is 15.6. The molecule has 2 aromatic rings. The monoisotopic (exact) mass is 377 g/mol. The van der Waals surface area contributed by atoms with E-state index in [1.165, 1.54) is 0 Å². The largest absolute Gasteiger partial charge is 0.444 e. The van der Waals surface area contributed by atoms with Crippen molar-refractivity contribution in [2.75, 3.05) is 31.1 Å². The van der Waals surface area contributed by atoms with Gasteiger partial charge in [0.2, 0.25) is 5.95 Å². The van der Waals surface area contributed by atoms with Gasteiger partial charge in [-0.2, -0.15) is 0 Å². The molecule has 1 aliphatic heterocycles. The second-order valence-corrected chi connectivity index (χ2v) is 7.75. The fourth-order valence-corrected chi connectivity index (χ4v) is 2.99. The smallest absolute Gasteiger partial charge is 0.410 e. The highest BCUT2D eigenvalue weighted by Gasteiger charge is 2.28. The maximum Gasteiger partial charge on any atom is 0.410 e. The van der Waals surface area contributed by atoms with Gasteiger partial charge in [-0.05, 0) is 52.0 Å². The van der Waals surface area contributed by atoms with Gasteiger partial charge in [-0.25, -0.2) is 4.79 Å². The van der Waals surface area contributed by atoms with E-state index in [0.29, 0.717) is 31.2 Å². The molecule has 3 rings (SSSR count). The van der Waals surface area contributed by atoms with E-state index < -0.39 is 5.60 Å². The first-order valence-corrected chi connectivity index (χ1v) is 9.03. The number of nitrogens with zero attached hydrogens (tertiary/aromatic N) is 5. The molecule has 7 nitrogen and oxygen atoms in total. The van der Waals surface area contributed by atoms with Gasteiger partial charge in [-0.15, -0.1) is 10.2 Å². The molecule has 1 aliphatic rings. The van der Waals surface area contributed by atoms with Crippen LogP contribution in [0.15, 0.2) is 24.3 Å². The maximum atomic E-state index is 12.2. The number of halogens is 1. The highest BCUT2D eigenvalue weighted by molar-refractivity contribution is 6.30. The summed E-state index contributed by atoms with van der Waals surface area (Å²) in [5.74, 6) is 1.57. The molecule has 1 aromatic carbocycles. The number of rotatable bonds is 2. The summed E-state index contributed by atoms with van der Waals surface area (Å²) >= 11 is 5.99. The van der Waals surface area contributed by atoms with E-state index in [1.807, 2.05) is 56.5 Å². The Morgan fingerprint density at radius 1 is 1.08 bits per heavy atom. The van der Waals surface area contributed by atoms with Crippen molar-refractivity contribution in [3.05, 3.63) is 35.1 Å². The van der Waals surface area contributed by atoms with Crippen LogP contribution in [0, 0.1) is 6.92 Å². The van der Waals surface area contributed by atoms with Crippen molar-refractivity contribution in [2.24, 2.45) is 0 Å². The lowest BCUT2D eigenvalue weighted by molar-refractivity contribution is 0.0240. The summed E-state index contributed by atoms with van der Waals surface area (Å²) in [4.78, 5) is 16.1. The second-order valence-electron chi connectivity index (χ2n) is 7.31. The highest BCUT2D eigenvalue weighted by Crippen LogP contribution is 2.23. The topological polar surface area (TPSA) is 63.5 Å². The molecular formula is C18H24ClN5O2. The van der Waals surface area contributed by atoms with E-state index in [4.69, 9.17) is 16.3 Å². The number of anilines is 1. The number of hydrogen-bond donors (Lipinski definition) is 0. The standard InChI is InChI=1S/C18H24ClN5O2/c1-13-20-21-16(24(13)15-7-5-14(19)6-8-15)22-9-11-23(12-10-22)17(25)26-18(2,3)4/h5-8H,9-12H2,1-4H3. The minimum atomic E-state index is -0.486. The number of aromatic nitrogens is 3. The maximum absolute atomic E-state index is 12.2. The molecule has 26 heavy (non-hydrogen) atoms. The number of carbonyl (C=O) groups is 1. The first-order valence-electron chi connectivity index (χ1n) is 8.65. The van der Waals surface area contributed by atoms with Crippen LogP contribution >= 0.6 is 11.6 Å². The number of benzene rings is 1. The molecule has 0 saturated carbocycles. The number of aryl methyl sites for hydroxylation is 1. The summed E-state index contributed by atoms with van der Waals surface area (Å²) in [5, 5.41) is 9.25. The van der Waals surface area contributed by atoms with Crippen molar-refractivity contribution in [1.82, 2.24) is 19.7 Å². The van der Waals surface area contributed by atoms with Crippen LogP contribution in [-0.4, -0.2) is 57.5 Å². The lowest BCUT2D eigenvalue weighted by Crippen LogP contribution is -2.50. The van der Waals surface area contributed by atoms with Crippen LogP contribution < -0.4 is 4.90 Å². The van der Waals surface area contributed by atoms with Crippen molar-refractivity contribution in [3.8, 4) is 5.69 Å². The van der Waals surface area contributed by atoms with Crippen LogP contribution in [0.25, 0.3) is 5.69 Å². The first kappa shape index (κ1) is 18.5. The highest BCUT2D eigenvalue weighted by atomic mass is 35.5. The van der Waals surface area contributed by atoms with Gasteiger partial charge in [0.1, 0.15) is 11.4 Å². The summed E-state index contributed by atoms with van der Waals surface area (Å²) in [5.41, 5.74) is 0.474. The van der Waals surface area contributed by atoms with E-state index >= 15 is 0 Å². The van der Waals surface area contributed by atoms with Crippen molar-refractivity contribution in [3.63, 3.8) is 0 Å². The number of carbonyl (C=O) groups excluding carboxylic acids is 1. The fraction of sp³-hybridized carbons (Fsp3) is 0.500. The van der Waals surface area contributed by atoms with Gasteiger partial charge in [0, 0.05) is 31.2 Å². The van der Waals surface area contributed by atoms with E-state index in [-0.39, 0.29) is 6.09 Å². The molecule has 2 heterocycles. The van der Waals surface area contributed by atoms with Crippen molar-refractivity contribution in [1.29, 1.82) is 0 Å². The Kier molecular flexibility index (Phi) is 5.09. The van der Waals surface area contributed by atoms with E-state index in [1.54, 1.807) is 4.90 Å². The molecule has 0 spiro atoms. The summed E-state index contributed by atoms with van der Waals surface area (Å²) in [6.07, 6.45) is -0.271. The predicted octanol–water partition coefficient (Wildman–Crippen LogP) is 3.29. The number of ether oxygens (including phenoxy) is 1. The Hall–Kier alpha value is -2.28. The Bertz CT molecular complexity index is 774. The SMILES string of the molecule is Cc1nnc(N2CCN(C(=O)OC(C)(C)C)CC2)n1-c1ccc(Cl)cc1. The molecule has 0 aliphatic carbocycles. The molecule has 1 fully saturated rings. The van der Waals surface area contributed by atoms with Gasteiger partial charge in [0.15, 0.2) is 0 Å². The predicted molar refractivity (Wildman–Crippen MR) is 101 cm³/mol. The molecule has 8 heteroatoms. The van der Waals surface area contributed by atoms with Gasteiger partial charge in [-0.1, -0.05) is 11.6 Å². The summed E-state index contributed by atoms with van der Waals surface area (Å²) in [6.45, 7) is 10.1. The Morgan fingerprint density at radius 3 is 2.27 bits per heavy atom. The molecule has 0 bridgehead atoms. The molecule has 0 unspecified atom stereocenters. The number of piperazine rings is 1. The summed E-state index contributed by atoms with van der Waals surface area (Å²) in [6, 6.07) is 7.58. The lowest BCUT2D eigenvalue weighted by Gasteiger charge is -2.36. The lowest BCUT2D eigenvalue weighted by atomic mass is 10.2. The Balaban J connectivity index is 1.73.